The van der Waals surface area contributed by atoms with E-state index in [0.29, 0.717) is 6.54 Å². The molecule has 1 fully saturated rings. The van der Waals surface area contributed by atoms with Crippen molar-refractivity contribution in [2.75, 3.05) is 5.88 Å². The van der Waals surface area contributed by atoms with Gasteiger partial charge in [-0.3, -0.25) is 19.2 Å². The van der Waals surface area contributed by atoms with Crippen molar-refractivity contribution in [2.45, 2.75) is 69.5 Å². The molecular formula is C29H35N5O5S. The highest BCUT2D eigenvalue weighted by Crippen LogP contribution is 2.40. The summed E-state index contributed by atoms with van der Waals surface area (Å²) in [6.45, 7) is 6.08. The van der Waals surface area contributed by atoms with E-state index in [-0.39, 0.29) is 42.7 Å². The Labute approximate surface area is 238 Å². The zero-order valence-electron chi connectivity index (χ0n) is 22.8. The molecule has 10 nitrogen and oxygen atoms in total. The smallest absolute Gasteiger partial charge is 0.267 e. The summed E-state index contributed by atoms with van der Waals surface area (Å²) in [5, 5.41) is 20.9. The Morgan fingerprint density at radius 3 is 2.50 bits per heavy atom. The van der Waals surface area contributed by atoms with Crippen LogP contribution in [0.1, 0.15) is 43.4 Å². The monoisotopic (exact) mass is 565 g/mol. The van der Waals surface area contributed by atoms with Crippen molar-refractivity contribution in [1.29, 1.82) is 0 Å². The number of thioether (sulfide) groups is 1. The van der Waals surface area contributed by atoms with Crippen LogP contribution in [0.5, 0.6) is 0 Å². The molecule has 2 aliphatic heterocycles. The molecule has 11 heteroatoms. The predicted octanol–water partition coefficient (Wildman–Crippen LogP) is 1.65. The minimum atomic E-state index is -1.62. The molecule has 0 spiro atoms. The Kier molecular flexibility index (Phi) is 9.26. The fourth-order valence-corrected chi connectivity index (χ4v) is 5.98. The molecule has 2 aromatic rings. The lowest BCUT2D eigenvalue weighted by molar-refractivity contribution is -0.147. The molecule has 0 aliphatic carbocycles. The van der Waals surface area contributed by atoms with Gasteiger partial charge in [0, 0.05) is 24.1 Å². The summed E-state index contributed by atoms with van der Waals surface area (Å²) in [4.78, 5) is 53.0. The molecule has 4 amide bonds. The molecular weight excluding hydrogens is 530 g/mol. The molecule has 1 saturated heterocycles. The summed E-state index contributed by atoms with van der Waals surface area (Å²) in [6, 6.07) is 15.1. The summed E-state index contributed by atoms with van der Waals surface area (Å²) in [7, 11) is 0. The van der Waals surface area contributed by atoms with Crippen LogP contribution in [-0.4, -0.2) is 68.2 Å². The Morgan fingerprint density at radius 1 is 1.12 bits per heavy atom. The second kappa shape index (κ2) is 12.6. The van der Waals surface area contributed by atoms with Gasteiger partial charge in [0.25, 0.3) is 11.8 Å². The standard InChI is InChI=1S/C29H35N5O5S/c1-18-9-7-8-12-20(18)16-30-27(38)25-29(2,3)40-17-34(25)28(39)24(36)22(15-19-10-5-4-6-11-19)31-26(37)21-13-14-23(35)33-32-21/h4-12,22,24-25,36H,13-17H2,1-3H3,(H,30,38)(H,31,37)(H,33,35)/t22-,24-,25+/m0/s1. The first kappa shape index (κ1) is 29.3. The third-order valence-corrected chi connectivity index (χ3v) is 8.58. The molecule has 212 valence electrons. The lowest BCUT2D eigenvalue weighted by Crippen LogP contribution is -2.59. The van der Waals surface area contributed by atoms with E-state index in [0.717, 1.165) is 16.7 Å². The van der Waals surface area contributed by atoms with Gasteiger partial charge in [-0.25, -0.2) is 5.43 Å². The van der Waals surface area contributed by atoms with Crippen molar-refractivity contribution < 1.29 is 24.3 Å². The van der Waals surface area contributed by atoms with E-state index in [1.165, 1.54) is 16.7 Å². The topological polar surface area (TPSA) is 140 Å². The normalized spacial score (nSPS) is 19.7. The quantitative estimate of drug-likeness (QED) is 0.365. The summed E-state index contributed by atoms with van der Waals surface area (Å²) >= 11 is 1.45. The van der Waals surface area contributed by atoms with Crippen molar-refractivity contribution in [1.82, 2.24) is 21.0 Å². The lowest BCUT2D eigenvalue weighted by atomic mass is 9.96. The number of benzene rings is 2. The van der Waals surface area contributed by atoms with Gasteiger partial charge in [-0.15, -0.1) is 11.8 Å². The molecule has 2 aliphatic rings. The average Bonchev–Trinajstić information content (AvgIpc) is 3.27. The highest BCUT2D eigenvalue weighted by atomic mass is 32.2. The maximum absolute atomic E-state index is 13.8. The van der Waals surface area contributed by atoms with E-state index in [4.69, 9.17) is 0 Å². The van der Waals surface area contributed by atoms with Crippen LogP contribution in [0.3, 0.4) is 0 Å². The minimum Gasteiger partial charge on any atom is -0.381 e. The number of hydrogen-bond acceptors (Lipinski definition) is 7. The number of aryl methyl sites for hydroxylation is 1. The third-order valence-electron chi connectivity index (χ3n) is 7.21. The molecule has 2 heterocycles. The molecule has 2 aromatic carbocycles. The van der Waals surface area contributed by atoms with Gasteiger partial charge in [-0.1, -0.05) is 54.6 Å². The van der Waals surface area contributed by atoms with Gasteiger partial charge in [-0.05, 0) is 43.9 Å². The zero-order chi connectivity index (χ0) is 28.9. The largest absolute Gasteiger partial charge is 0.381 e. The van der Waals surface area contributed by atoms with Gasteiger partial charge in [-0.2, -0.15) is 5.10 Å². The van der Waals surface area contributed by atoms with Gasteiger partial charge in [0.1, 0.15) is 11.8 Å². The number of hydrogen-bond donors (Lipinski definition) is 4. The van der Waals surface area contributed by atoms with E-state index < -0.39 is 34.7 Å². The number of carbonyl (C=O) groups excluding carboxylic acids is 4. The summed E-state index contributed by atoms with van der Waals surface area (Å²) in [5.41, 5.74) is 5.24. The number of hydrazone groups is 1. The van der Waals surface area contributed by atoms with E-state index in [2.05, 4.69) is 21.2 Å². The molecule has 0 saturated carbocycles. The molecule has 4 N–H and O–H groups in total. The van der Waals surface area contributed by atoms with Crippen LogP contribution in [0.25, 0.3) is 0 Å². The van der Waals surface area contributed by atoms with Gasteiger partial charge >= 0.3 is 0 Å². The number of rotatable bonds is 9. The van der Waals surface area contributed by atoms with Crippen molar-refractivity contribution in [2.24, 2.45) is 5.10 Å². The molecule has 0 radical (unpaired) electrons. The van der Waals surface area contributed by atoms with Gasteiger partial charge in [0.2, 0.25) is 11.8 Å². The second-order valence-electron chi connectivity index (χ2n) is 10.5. The Balaban J connectivity index is 1.52. The molecule has 0 aromatic heterocycles. The second-order valence-corrected chi connectivity index (χ2v) is 12.1. The molecule has 40 heavy (non-hydrogen) atoms. The van der Waals surface area contributed by atoms with E-state index in [1.807, 2.05) is 75.4 Å². The van der Waals surface area contributed by atoms with Crippen molar-refractivity contribution in [3.05, 3.63) is 71.3 Å². The number of aliphatic hydroxyl groups is 1. The zero-order valence-corrected chi connectivity index (χ0v) is 23.7. The number of nitrogens with zero attached hydrogens (tertiary/aromatic N) is 2. The van der Waals surface area contributed by atoms with E-state index >= 15 is 0 Å². The fourth-order valence-electron chi connectivity index (χ4n) is 4.84. The van der Waals surface area contributed by atoms with Gasteiger partial charge < -0.3 is 20.6 Å². The Hall–Kier alpha value is -3.70. The molecule has 4 rings (SSSR count). The van der Waals surface area contributed by atoms with Crippen LogP contribution in [-0.2, 0) is 32.1 Å². The average molecular weight is 566 g/mol. The van der Waals surface area contributed by atoms with Crippen LogP contribution >= 0.6 is 11.8 Å². The first-order valence-corrected chi connectivity index (χ1v) is 14.2. The van der Waals surface area contributed by atoms with Crippen LogP contribution in [0.2, 0.25) is 0 Å². The SMILES string of the molecule is Cc1ccccc1CNC(=O)[C@H]1N(C(=O)[C@@H](O)[C@H](Cc2ccccc2)NC(=O)C2=NNC(=O)CC2)CSC1(C)C. The number of carbonyl (C=O) groups is 4. The molecule has 3 atom stereocenters. The van der Waals surface area contributed by atoms with Crippen LogP contribution in [0, 0.1) is 6.92 Å². The lowest BCUT2D eigenvalue weighted by Gasteiger charge is -2.33. The van der Waals surface area contributed by atoms with Crippen LogP contribution < -0.4 is 16.1 Å². The van der Waals surface area contributed by atoms with Gasteiger partial charge in [0.15, 0.2) is 6.10 Å². The Morgan fingerprint density at radius 2 is 1.82 bits per heavy atom. The molecule has 0 unspecified atom stereocenters. The predicted molar refractivity (Wildman–Crippen MR) is 153 cm³/mol. The summed E-state index contributed by atoms with van der Waals surface area (Å²) in [5.74, 6) is -1.59. The van der Waals surface area contributed by atoms with Crippen LogP contribution in [0.15, 0.2) is 59.7 Å². The number of nitrogens with one attached hydrogen (secondary N) is 3. The van der Waals surface area contributed by atoms with Crippen LogP contribution in [0.4, 0.5) is 0 Å². The highest BCUT2D eigenvalue weighted by molar-refractivity contribution is 8.00. The Bertz CT molecular complexity index is 1300. The van der Waals surface area contributed by atoms with Crippen molar-refractivity contribution in [3.63, 3.8) is 0 Å². The number of amides is 4. The third kappa shape index (κ3) is 6.89. The molecule has 0 bridgehead atoms. The number of aliphatic hydroxyl groups excluding tert-OH is 1. The summed E-state index contributed by atoms with van der Waals surface area (Å²) in [6.07, 6.45) is -1.17. The minimum absolute atomic E-state index is 0.114. The maximum Gasteiger partial charge on any atom is 0.267 e. The van der Waals surface area contributed by atoms with E-state index in [1.54, 1.807) is 0 Å². The van der Waals surface area contributed by atoms with Gasteiger partial charge in [0.05, 0.1) is 11.9 Å². The maximum atomic E-state index is 13.8. The van der Waals surface area contributed by atoms with Crippen molar-refractivity contribution in [3.8, 4) is 0 Å². The first-order chi connectivity index (χ1) is 19.1. The van der Waals surface area contributed by atoms with E-state index in [9.17, 15) is 24.3 Å². The fraction of sp³-hybridized carbons (Fsp3) is 0.414. The van der Waals surface area contributed by atoms with Crippen molar-refractivity contribution >= 4 is 41.1 Å². The first-order valence-electron chi connectivity index (χ1n) is 13.2. The highest BCUT2D eigenvalue weighted by Gasteiger charge is 2.49. The summed E-state index contributed by atoms with van der Waals surface area (Å²) < 4.78 is -0.599.